The molecule has 0 radical (unpaired) electrons. The van der Waals surface area contributed by atoms with Gasteiger partial charge < -0.3 is 15.9 Å². The van der Waals surface area contributed by atoms with E-state index in [4.69, 9.17) is 5.73 Å². The molecule has 1 aromatic rings. The number of halogens is 2. The molecule has 102 valence electrons. The molecule has 0 fully saturated rings. The van der Waals surface area contributed by atoms with E-state index in [0.717, 1.165) is 19.1 Å². The largest absolute Gasteiger partial charge is 0.506 e. The molecule has 2 atom stereocenters. The Hall–Kier alpha value is 0.400. The molecule has 0 aliphatic heterocycles. The van der Waals surface area contributed by atoms with Gasteiger partial charge in [-0.1, -0.05) is 13.8 Å². The molecule has 0 heterocycles. The highest BCUT2D eigenvalue weighted by Crippen LogP contribution is 2.30. The van der Waals surface area contributed by atoms with Crippen molar-refractivity contribution in [2.75, 3.05) is 0 Å². The van der Waals surface area contributed by atoms with E-state index in [1.807, 2.05) is 12.1 Å². The summed E-state index contributed by atoms with van der Waals surface area (Å²) < 4.78 is 1.53. The quantitative estimate of drug-likeness (QED) is 0.573. The summed E-state index contributed by atoms with van der Waals surface area (Å²) >= 11 is 4.14. The molecule has 0 bridgehead atoms. The molecule has 1 aromatic carbocycles. The van der Waals surface area contributed by atoms with Crippen LogP contribution in [0.15, 0.2) is 12.1 Å². The first kappa shape index (κ1) is 16.5. The van der Waals surface area contributed by atoms with Gasteiger partial charge in [-0.25, -0.2) is 0 Å². The molecule has 0 saturated heterocycles. The number of aromatic hydroxyl groups is 1. The summed E-state index contributed by atoms with van der Waals surface area (Å²) in [6.45, 7) is 4.26. The number of phenolic OH excluding ortho intramolecular Hbond substituents is 1. The fourth-order valence-electron chi connectivity index (χ4n) is 1.68. The van der Waals surface area contributed by atoms with E-state index in [-0.39, 0.29) is 5.75 Å². The second-order valence-electron chi connectivity index (χ2n) is 4.90. The lowest BCUT2D eigenvalue weighted by atomic mass is 9.96. The Morgan fingerprint density at radius 3 is 2.11 bits per heavy atom. The lowest BCUT2D eigenvalue weighted by Crippen LogP contribution is -2.26. The smallest absolute Gasteiger partial charge is 0.142 e. The minimum absolute atomic E-state index is 0.281. The van der Waals surface area contributed by atoms with Gasteiger partial charge in [0.05, 0.1) is 19.3 Å². The summed E-state index contributed by atoms with van der Waals surface area (Å²) in [5, 5.41) is 19.8. The Bertz CT molecular complexity index is 387. The third kappa shape index (κ3) is 4.50. The van der Waals surface area contributed by atoms with Crippen molar-refractivity contribution in [1.82, 2.24) is 0 Å². The summed E-state index contributed by atoms with van der Waals surface area (Å²) in [6, 6.07) is 3.27. The first-order valence-corrected chi connectivity index (χ1v) is 8.10. The van der Waals surface area contributed by atoms with E-state index in [0.29, 0.717) is 12.3 Å². The maximum atomic E-state index is 10.1. The van der Waals surface area contributed by atoms with Gasteiger partial charge >= 0.3 is 0 Å². The molecule has 0 aromatic heterocycles. The van der Waals surface area contributed by atoms with Crippen molar-refractivity contribution in [1.29, 1.82) is 0 Å². The van der Waals surface area contributed by atoms with E-state index < -0.39 is 12.1 Å². The van der Waals surface area contributed by atoms with Gasteiger partial charge in [-0.2, -0.15) is 0 Å². The fraction of sp³-hybridized carbons (Fsp3) is 0.538. The SMILES string of the molecule is CC(C)CC[C@@H](O)[C@@H](N)c1cc(I)c(O)c(I)c1. The van der Waals surface area contributed by atoms with Crippen molar-refractivity contribution in [3.05, 3.63) is 24.8 Å². The van der Waals surface area contributed by atoms with Crippen LogP contribution in [-0.2, 0) is 0 Å². The second-order valence-corrected chi connectivity index (χ2v) is 7.22. The van der Waals surface area contributed by atoms with Crippen molar-refractivity contribution >= 4 is 45.2 Å². The predicted molar refractivity (Wildman–Crippen MR) is 90.5 cm³/mol. The Morgan fingerprint density at radius 2 is 1.67 bits per heavy atom. The normalized spacial score (nSPS) is 14.8. The standard InChI is InChI=1S/C13H19I2NO2/c1-7(2)3-4-11(17)12(16)8-5-9(14)13(18)10(15)6-8/h5-7,11-12,17-18H,3-4,16H2,1-2H3/t11-,12+/m1/s1. The summed E-state index contributed by atoms with van der Waals surface area (Å²) in [7, 11) is 0. The Labute approximate surface area is 135 Å². The van der Waals surface area contributed by atoms with Gasteiger partial charge in [0.1, 0.15) is 5.75 Å². The fourth-order valence-corrected chi connectivity index (χ4v) is 3.50. The van der Waals surface area contributed by atoms with Crippen molar-refractivity contribution in [3.63, 3.8) is 0 Å². The highest BCUT2D eigenvalue weighted by molar-refractivity contribution is 14.1. The van der Waals surface area contributed by atoms with Crippen LogP contribution in [0, 0.1) is 13.1 Å². The van der Waals surface area contributed by atoms with Gasteiger partial charge in [0, 0.05) is 0 Å². The van der Waals surface area contributed by atoms with Crippen LogP contribution in [0.2, 0.25) is 0 Å². The lowest BCUT2D eigenvalue weighted by molar-refractivity contribution is 0.128. The number of hydrogen-bond donors (Lipinski definition) is 3. The first-order valence-electron chi connectivity index (χ1n) is 5.94. The lowest BCUT2D eigenvalue weighted by Gasteiger charge is -2.21. The van der Waals surface area contributed by atoms with Crippen LogP contribution in [-0.4, -0.2) is 16.3 Å². The summed E-state index contributed by atoms with van der Waals surface area (Å²) in [5.74, 6) is 0.843. The average Bonchev–Trinajstić information content (AvgIpc) is 2.31. The van der Waals surface area contributed by atoms with Crippen LogP contribution < -0.4 is 5.73 Å². The molecule has 0 spiro atoms. The zero-order valence-corrected chi connectivity index (χ0v) is 14.8. The highest BCUT2D eigenvalue weighted by Gasteiger charge is 2.19. The highest BCUT2D eigenvalue weighted by atomic mass is 127. The minimum atomic E-state index is -0.538. The van der Waals surface area contributed by atoms with Crippen LogP contribution in [0.4, 0.5) is 0 Å². The summed E-state index contributed by atoms with van der Waals surface area (Å²) in [4.78, 5) is 0. The number of nitrogens with two attached hydrogens (primary N) is 1. The number of phenols is 1. The average molecular weight is 475 g/mol. The van der Waals surface area contributed by atoms with Crippen molar-refractivity contribution in [2.24, 2.45) is 11.7 Å². The maximum absolute atomic E-state index is 10.1. The molecule has 4 N–H and O–H groups in total. The van der Waals surface area contributed by atoms with E-state index >= 15 is 0 Å². The van der Waals surface area contributed by atoms with Crippen LogP contribution in [0.3, 0.4) is 0 Å². The van der Waals surface area contributed by atoms with Gasteiger partial charge in [-0.3, -0.25) is 0 Å². The Kier molecular flexibility index (Phi) is 6.63. The topological polar surface area (TPSA) is 66.5 Å². The van der Waals surface area contributed by atoms with Crippen LogP contribution in [0.25, 0.3) is 0 Å². The molecule has 1 rings (SSSR count). The van der Waals surface area contributed by atoms with Crippen LogP contribution in [0.1, 0.15) is 38.3 Å². The molecule has 0 saturated carbocycles. The molecule has 0 aliphatic rings. The van der Waals surface area contributed by atoms with E-state index in [1.165, 1.54) is 0 Å². The van der Waals surface area contributed by atoms with E-state index in [2.05, 4.69) is 59.0 Å². The predicted octanol–water partition coefficient (Wildman–Crippen LogP) is 3.40. The van der Waals surface area contributed by atoms with Gasteiger partial charge in [0.15, 0.2) is 0 Å². The monoisotopic (exact) mass is 475 g/mol. The Balaban J connectivity index is 2.80. The van der Waals surface area contributed by atoms with Crippen LogP contribution >= 0.6 is 45.2 Å². The number of rotatable bonds is 5. The van der Waals surface area contributed by atoms with Gasteiger partial charge in [0.25, 0.3) is 0 Å². The van der Waals surface area contributed by atoms with Crippen molar-refractivity contribution in [3.8, 4) is 5.75 Å². The zero-order chi connectivity index (χ0) is 13.9. The second kappa shape index (κ2) is 7.25. The first-order chi connectivity index (χ1) is 8.32. The summed E-state index contributed by atoms with van der Waals surface area (Å²) in [6.07, 6.45) is 1.12. The van der Waals surface area contributed by atoms with E-state index in [9.17, 15) is 10.2 Å². The van der Waals surface area contributed by atoms with Gasteiger partial charge in [-0.05, 0) is 81.6 Å². The molecule has 0 unspecified atom stereocenters. The summed E-state index contributed by atoms with van der Waals surface area (Å²) in [5.41, 5.74) is 6.95. The van der Waals surface area contributed by atoms with Crippen molar-refractivity contribution in [2.45, 2.75) is 38.8 Å². The third-order valence-electron chi connectivity index (χ3n) is 2.88. The number of aliphatic hydroxyl groups excluding tert-OH is 1. The molecule has 0 amide bonds. The van der Waals surface area contributed by atoms with Gasteiger partial charge in [0.2, 0.25) is 0 Å². The molecular weight excluding hydrogens is 456 g/mol. The number of aliphatic hydroxyl groups is 1. The maximum Gasteiger partial charge on any atom is 0.142 e. The van der Waals surface area contributed by atoms with E-state index in [1.54, 1.807) is 0 Å². The van der Waals surface area contributed by atoms with Gasteiger partial charge in [-0.15, -0.1) is 0 Å². The minimum Gasteiger partial charge on any atom is -0.506 e. The van der Waals surface area contributed by atoms with Crippen LogP contribution in [0.5, 0.6) is 5.75 Å². The Morgan fingerprint density at radius 1 is 1.17 bits per heavy atom. The molecule has 18 heavy (non-hydrogen) atoms. The van der Waals surface area contributed by atoms with Crippen molar-refractivity contribution < 1.29 is 10.2 Å². The number of benzene rings is 1. The number of hydrogen-bond acceptors (Lipinski definition) is 3. The molecule has 5 heteroatoms. The molecular formula is C13H19I2NO2. The molecule has 3 nitrogen and oxygen atoms in total. The zero-order valence-electron chi connectivity index (χ0n) is 10.5. The third-order valence-corrected chi connectivity index (χ3v) is 4.52. The molecule has 0 aliphatic carbocycles.